The highest BCUT2D eigenvalue weighted by Crippen LogP contribution is 2.11. The van der Waals surface area contributed by atoms with E-state index in [0.29, 0.717) is 17.6 Å². The van der Waals surface area contributed by atoms with Gasteiger partial charge in [0.05, 0.1) is 11.6 Å². The number of ether oxygens (including phenoxy) is 1. The fourth-order valence-electron chi connectivity index (χ4n) is 1.45. The van der Waals surface area contributed by atoms with Crippen LogP contribution < -0.4 is 5.73 Å². The molecule has 0 bridgehead atoms. The van der Waals surface area contributed by atoms with Gasteiger partial charge >= 0.3 is 0 Å². The first-order valence-electron chi connectivity index (χ1n) is 4.26. The maximum atomic E-state index is 5.45. The van der Waals surface area contributed by atoms with E-state index in [1.807, 2.05) is 7.05 Å². The topological polar surface area (TPSA) is 38.5 Å². The summed E-state index contributed by atoms with van der Waals surface area (Å²) >= 11 is 4.84. The Bertz CT molecular complexity index is 157. The maximum Gasteiger partial charge on any atom is 0.0870 e. The number of nitrogens with two attached hydrogens (primary N) is 1. The number of likely N-dealkylation sites (N-methyl/N-ethyl adjacent to an activating group) is 1. The van der Waals surface area contributed by atoms with Gasteiger partial charge in [-0.15, -0.1) is 0 Å². The van der Waals surface area contributed by atoms with Gasteiger partial charge < -0.3 is 10.5 Å². The van der Waals surface area contributed by atoms with Gasteiger partial charge in [-0.3, -0.25) is 4.90 Å². The second kappa shape index (κ2) is 4.74. The Balaban J connectivity index is 2.29. The van der Waals surface area contributed by atoms with Crippen molar-refractivity contribution < 1.29 is 4.74 Å². The third-order valence-corrected chi connectivity index (χ3v) is 2.29. The molecule has 1 rings (SSSR count). The predicted octanol–water partition coefficient (Wildman–Crippen LogP) is 0.383. The Hall–Kier alpha value is -0.190. The summed E-state index contributed by atoms with van der Waals surface area (Å²) < 4.78 is 5.36. The zero-order valence-corrected chi connectivity index (χ0v) is 8.27. The van der Waals surface area contributed by atoms with Crippen molar-refractivity contribution in [1.29, 1.82) is 0 Å². The van der Waals surface area contributed by atoms with E-state index in [0.717, 1.165) is 19.6 Å². The molecule has 12 heavy (non-hydrogen) atoms. The van der Waals surface area contributed by atoms with E-state index in [1.165, 1.54) is 6.42 Å². The predicted molar refractivity (Wildman–Crippen MR) is 53.3 cm³/mol. The number of hydrogen-bond donors (Lipinski definition) is 1. The van der Waals surface area contributed by atoms with E-state index in [4.69, 9.17) is 22.7 Å². The summed E-state index contributed by atoms with van der Waals surface area (Å²) in [6.45, 7) is 2.42. The lowest BCUT2D eigenvalue weighted by atomic mass is 10.1. The minimum Gasteiger partial charge on any atom is -0.392 e. The van der Waals surface area contributed by atoms with E-state index in [1.54, 1.807) is 0 Å². The second-order valence-corrected chi connectivity index (χ2v) is 3.78. The van der Waals surface area contributed by atoms with Crippen molar-refractivity contribution in [1.82, 2.24) is 4.90 Å². The van der Waals surface area contributed by atoms with Crippen molar-refractivity contribution >= 4 is 17.2 Å². The summed E-state index contributed by atoms with van der Waals surface area (Å²) in [5.74, 6) is 0. The third-order valence-electron chi connectivity index (χ3n) is 2.16. The van der Waals surface area contributed by atoms with Crippen LogP contribution in [0.15, 0.2) is 0 Å². The smallest absolute Gasteiger partial charge is 0.0870 e. The molecule has 0 aromatic rings. The van der Waals surface area contributed by atoms with Crippen molar-refractivity contribution in [3.05, 3.63) is 0 Å². The fourth-order valence-corrected chi connectivity index (χ4v) is 1.65. The molecule has 0 aromatic heterocycles. The molecule has 0 saturated carbocycles. The van der Waals surface area contributed by atoms with Crippen molar-refractivity contribution in [2.24, 2.45) is 5.73 Å². The minimum absolute atomic E-state index is 0.500. The molecular formula is C8H16N2OS. The number of nitrogens with zero attached hydrogens (tertiary/aromatic N) is 1. The van der Waals surface area contributed by atoms with Crippen LogP contribution >= 0.6 is 12.2 Å². The fraction of sp³-hybridized carbons (Fsp3) is 0.875. The van der Waals surface area contributed by atoms with Gasteiger partial charge in [0.1, 0.15) is 0 Å². The van der Waals surface area contributed by atoms with Crippen LogP contribution in [-0.4, -0.2) is 42.7 Å². The lowest BCUT2D eigenvalue weighted by Gasteiger charge is -2.30. The van der Waals surface area contributed by atoms with Crippen molar-refractivity contribution in [3.8, 4) is 0 Å². The summed E-state index contributed by atoms with van der Waals surface area (Å²) in [7, 11) is 2.04. The molecule has 1 unspecified atom stereocenters. The van der Waals surface area contributed by atoms with Crippen molar-refractivity contribution in [3.63, 3.8) is 0 Å². The van der Waals surface area contributed by atoms with Gasteiger partial charge in [0.15, 0.2) is 0 Å². The lowest BCUT2D eigenvalue weighted by Crippen LogP contribution is -2.42. The number of hydrogen-bond acceptors (Lipinski definition) is 3. The molecule has 0 radical (unpaired) electrons. The molecule has 0 spiro atoms. The molecular weight excluding hydrogens is 172 g/mol. The molecule has 1 heterocycles. The van der Waals surface area contributed by atoms with Gasteiger partial charge in [-0.2, -0.15) is 0 Å². The van der Waals surface area contributed by atoms with Crippen LogP contribution in [0.5, 0.6) is 0 Å². The molecule has 4 heteroatoms. The normalized spacial score (nSPS) is 24.3. The van der Waals surface area contributed by atoms with Crippen LogP contribution in [0.25, 0.3) is 0 Å². The van der Waals surface area contributed by atoms with E-state index in [9.17, 15) is 0 Å². The monoisotopic (exact) mass is 188 g/mol. The molecule has 0 aromatic carbocycles. The van der Waals surface area contributed by atoms with Gasteiger partial charge in [0, 0.05) is 19.2 Å². The standard InChI is InChI=1S/C8H16N2OS/c1-10(5-8(9)12)7-3-2-4-11-6-7/h7H,2-6H2,1H3,(H2,9,12). The van der Waals surface area contributed by atoms with Gasteiger partial charge in [0.2, 0.25) is 0 Å². The zero-order chi connectivity index (χ0) is 8.97. The summed E-state index contributed by atoms with van der Waals surface area (Å²) in [6, 6.07) is 0.500. The van der Waals surface area contributed by atoms with Crippen LogP contribution in [0.3, 0.4) is 0 Å². The molecule has 0 amide bonds. The van der Waals surface area contributed by atoms with E-state index < -0.39 is 0 Å². The van der Waals surface area contributed by atoms with Crippen molar-refractivity contribution in [2.75, 3.05) is 26.8 Å². The first-order chi connectivity index (χ1) is 5.70. The molecule has 70 valence electrons. The highest BCUT2D eigenvalue weighted by molar-refractivity contribution is 7.80. The summed E-state index contributed by atoms with van der Waals surface area (Å²) in [5.41, 5.74) is 5.45. The molecule has 1 aliphatic heterocycles. The minimum atomic E-state index is 0.500. The van der Waals surface area contributed by atoms with Gasteiger partial charge in [-0.25, -0.2) is 0 Å². The van der Waals surface area contributed by atoms with Crippen LogP contribution in [0, 0.1) is 0 Å². The van der Waals surface area contributed by atoms with Crippen LogP contribution in [0.4, 0.5) is 0 Å². The highest BCUT2D eigenvalue weighted by Gasteiger charge is 2.18. The van der Waals surface area contributed by atoms with Crippen LogP contribution in [0.1, 0.15) is 12.8 Å². The molecule has 0 aliphatic carbocycles. The number of thiocarbonyl (C=S) groups is 1. The Kier molecular flexibility index (Phi) is 3.91. The van der Waals surface area contributed by atoms with E-state index >= 15 is 0 Å². The lowest BCUT2D eigenvalue weighted by molar-refractivity contribution is 0.0329. The quantitative estimate of drug-likeness (QED) is 0.650. The van der Waals surface area contributed by atoms with Gasteiger partial charge in [0.25, 0.3) is 0 Å². The molecule has 1 aliphatic rings. The Morgan fingerprint density at radius 2 is 2.50 bits per heavy atom. The Morgan fingerprint density at radius 3 is 3.00 bits per heavy atom. The molecule has 2 N–H and O–H groups in total. The molecule has 3 nitrogen and oxygen atoms in total. The Labute approximate surface area is 78.9 Å². The van der Waals surface area contributed by atoms with Crippen molar-refractivity contribution in [2.45, 2.75) is 18.9 Å². The summed E-state index contributed by atoms with van der Waals surface area (Å²) in [5, 5.41) is 0. The highest BCUT2D eigenvalue weighted by atomic mass is 32.1. The summed E-state index contributed by atoms with van der Waals surface area (Å²) in [6.07, 6.45) is 2.34. The Morgan fingerprint density at radius 1 is 1.75 bits per heavy atom. The average Bonchev–Trinajstić information content (AvgIpc) is 2.05. The molecule has 1 atom stereocenters. The van der Waals surface area contributed by atoms with Crippen LogP contribution in [0.2, 0.25) is 0 Å². The van der Waals surface area contributed by atoms with Crippen LogP contribution in [-0.2, 0) is 4.74 Å². The first kappa shape index (κ1) is 9.89. The average molecular weight is 188 g/mol. The number of rotatable bonds is 3. The second-order valence-electron chi connectivity index (χ2n) is 3.25. The zero-order valence-electron chi connectivity index (χ0n) is 7.45. The SMILES string of the molecule is CN(CC(N)=S)C1CCCOC1. The van der Waals surface area contributed by atoms with E-state index in [-0.39, 0.29) is 0 Å². The first-order valence-corrected chi connectivity index (χ1v) is 4.67. The van der Waals surface area contributed by atoms with Gasteiger partial charge in [-0.05, 0) is 19.9 Å². The van der Waals surface area contributed by atoms with E-state index in [2.05, 4.69) is 4.90 Å². The molecule has 1 fully saturated rings. The van der Waals surface area contributed by atoms with Gasteiger partial charge in [-0.1, -0.05) is 12.2 Å². The largest absolute Gasteiger partial charge is 0.392 e. The maximum absolute atomic E-state index is 5.45. The molecule has 1 saturated heterocycles. The summed E-state index contributed by atoms with van der Waals surface area (Å²) in [4.78, 5) is 2.73. The third kappa shape index (κ3) is 3.05.